The molecule has 0 aliphatic rings. The molecule has 0 aliphatic heterocycles. The van der Waals surface area contributed by atoms with Crippen LogP contribution in [0.4, 0.5) is 10.1 Å². The summed E-state index contributed by atoms with van der Waals surface area (Å²) < 4.78 is 12.9. The highest BCUT2D eigenvalue weighted by molar-refractivity contribution is 5.87. The Morgan fingerprint density at radius 2 is 1.93 bits per heavy atom. The normalized spacial score (nSPS) is 10.1. The van der Waals surface area contributed by atoms with Crippen LogP contribution >= 0.6 is 0 Å². The molecule has 2 aromatic rings. The number of nitrogens with zero attached hydrogens (tertiary/aromatic N) is 1. The molecule has 0 aromatic heterocycles. The maximum atomic E-state index is 12.9. The molecule has 0 saturated heterocycles. The monoisotopic (exact) mass is 185 g/mol. The van der Waals surface area contributed by atoms with Gasteiger partial charge < -0.3 is 0 Å². The molecule has 2 rings (SSSR count). The zero-order chi connectivity index (χ0) is 10.1. The van der Waals surface area contributed by atoms with Gasteiger partial charge in [0.05, 0.1) is 6.57 Å². The van der Waals surface area contributed by atoms with Crippen LogP contribution in [0.15, 0.2) is 30.3 Å². The maximum Gasteiger partial charge on any atom is 0.190 e. The first-order chi connectivity index (χ1) is 6.70. The lowest BCUT2D eigenvalue weighted by Crippen LogP contribution is -1.79. The van der Waals surface area contributed by atoms with Crippen LogP contribution in [-0.2, 0) is 0 Å². The van der Waals surface area contributed by atoms with E-state index in [2.05, 4.69) is 4.85 Å². The van der Waals surface area contributed by atoms with E-state index in [1.54, 1.807) is 12.1 Å². The highest BCUT2D eigenvalue weighted by Gasteiger charge is 2.01. The third kappa shape index (κ3) is 1.33. The average molecular weight is 185 g/mol. The van der Waals surface area contributed by atoms with Gasteiger partial charge >= 0.3 is 0 Å². The van der Waals surface area contributed by atoms with Crippen molar-refractivity contribution < 1.29 is 4.39 Å². The summed E-state index contributed by atoms with van der Waals surface area (Å²) in [6, 6.07) is 8.21. The van der Waals surface area contributed by atoms with Crippen molar-refractivity contribution in [1.29, 1.82) is 0 Å². The summed E-state index contributed by atoms with van der Waals surface area (Å²) in [6.07, 6.45) is 0. The zero-order valence-electron chi connectivity index (χ0n) is 7.71. The maximum absolute atomic E-state index is 12.9. The Bertz CT molecular complexity index is 538. The summed E-state index contributed by atoms with van der Waals surface area (Å²) in [6.45, 7) is 8.81. The van der Waals surface area contributed by atoms with E-state index in [9.17, 15) is 4.39 Å². The second-order valence-corrected chi connectivity index (χ2v) is 3.24. The van der Waals surface area contributed by atoms with Gasteiger partial charge in [0, 0.05) is 0 Å². The van der Waals surface area contributed by atoms with Gasteiger partial charge in [-0.1, -0.05) is 12.1 Å². The Labute approximate surface area is 81.6 Å². The van der Waals surface area contributed by atoms with E-state index in [-0.39, 0.29) is 5.82 Å². The van der Waals surface area contributed by atoms with Crippen molar-refractivity contribution in [2.45, 2.75) is 6.92 Å². The van der Waals surface area contributed by atoms with Crippen LogP contribution < -0.4 is 0 Å². The fourth-order valence-corrected chi connectivity index (χ4v) is 1.49. The molecule has 0 bridgehead atoms. The van der Waals surface area contributed by atoms with E-state index in [1.165, 1.54) is 12.1 Å². The van der Waals surface area contributed by atoms with Crippen molar-refractivity contribution in [3.63, 3.8) is 0 Å². The van der Waals surface area contributed by atoms with Crippen LogP contribution in [0.25, 0.3) is 15.6 Å². The minimum atomic E-state index is -0.243. The molecular formula is C12H8FN. The Hall–Kier alpha value is -1.88. The summed E-state index contributed by atoms with van der Waals surface area (Å²) in [7, 11) is 0. The van der Waals surface area contributed by atoms with Crippen LogP contribution in [0.3, 0.4) is 0 Å². The lowest BCUT2D eigenvalue weighted by molar-refractivity contribution is 0.630. The van der Waals surface area contributed by atoms with Gasteiger partial charge in [0.2, 0.25) is 0 Å². The van der Waals surface area contributed by atoms with Crippen LogP contribution in [0, 0.1) is 19.3 Å². The molecule has 0 unspecified atom stereocenters. The van der Waals surface area contributed by atoms with Crippen molar-refractivity contribution in [2.24, 2.45) is 0 Å². The first kappa shape index (κ1) is 8.71. The van der Waals surface area contributed by atoms with Gasteiger partial charge in [-0.2, -0.15) is 0 Å². The molecule has 0 amide bonds. The number of rotatable bonds is 0. The molecule has 0 fully saturated rings. The molecule has 0 atom stereocenters. The average Bonchev–Trinajstić information content (AvgIpc) is 2.16. The van der Waals surface area contributed by atoms with Gasteiger partial charge in [-0.25, -0.2) is 9.24 Å². The van der Waals surface area contributed by atoms with Crippen molar-refractivity contribution in [3.05, 3.63) is 53.1 Å². The molecule has 68 valence electrons. The number of benzene rings is 2. The topological polar surface area (TPSA) is 4.36 Å². The Morgan fingerprint density at radius 3 is 2.64 bits per heavy atom. The number of hydrogen-bond donors (Lipinski definition) is 0. The molecule has 2 heteroatoms. The van der Waals surface area contributed by atoms with E-state index in [4.69, 9.17) is 6.57 Å². The van der Waals surface area contributed by atoms with Gasteiger partial charge in [-0.05, 0) is 41.5 Å². The van der Waals surface area contributed by atoms with Crippen molar-refractivity contribution >= 4 is 16.5 Å². The third-order valence-corrected chi connectivity index (χ3v) is 2.24. The van der Waals surface area contributed by atoms with E-state index in [1.807, 2.05) is 13.0 Å². The minimum Gasteiger partial charge on any atom is -0.238 e. The summed E-state index contributed by atoms with van der Waals surface area (Å²) in [4.78, 5) is 3.40. The molecule has 0 N–H and O–H groups in total. The summed E-state index contributed by atoms with van der Waals surface area (Å²) in [5, 5.41) is 1.75. The summed E-state index contributed by atoms with van der Waals surface area (Å²) in [5.41, 5.74) is 1.52. The number of halogens is 1. The lowest BCUT2D eigenvalue weighted by atomic mass is 10.1. The van der Waals surface area contributed by atoms with Gasteiger partial charge in [0.25, 0.3) is 0 Å². The van der Waals surface area contributed by atoms with Crippen LogP contribution in [-0.4, -0.2) is 0 Å². The van der Waals surface area contributed by atoms with Crippen molar-refractivity contribution in [3.8, 4) is 0 Å². The van der Waals surface area contributed by atoms with Crippen molar-refractivity contribution in [2.75, 3.05) is 0 Å². The first-order valence-electron chi connectivity index (χ1n) is 4.28. The van der Waals surface area contributed by atoms with Crippen molar-refractivity contribution in [1.82, 2.24) is 0 Å². The van der Waals surface area contributed by atoms with Gasteiger partial charge in [-0.3, -0.25) is 0 Å². The second kappa shape index (κ2) is 3.12. The van der Waals surface area contributed by atoms with Crippen LogP contribution in [0.2, 0.25) is 0 Å². The van der Waals surface area contributed by atoms with Gasteiger partial charge in [0.15, 0.2) is 5.69 Å². The lowest BCUT2D eigenvalue weighted by Gasteiger charge is -2.01. The highest BCUT2D eigenvalue weighted by atomic mass is 19.1. The second-order valence-electron chi connectivity index (χ2n) is 3.24. The molecular weight excluding hydrogens is 177 g/mol. The van der Waals surface area contributed by atoms with Gasteiger partial charge in [0.1, 0.15) is 5.82 Å². The molecule has 1 nitrogen and oxygen atoms in total. The predicted molar refractivity (Wildman–Crippen MR) is 54.9 cm³/mol. The molecule has 2 aromatic carbocycles. The SMILES string of the molecule is [C-]#[N+]c1cc2ccc(F)cc2cc1C. The Balaban J connectivity index is 2.81. The zero-order valence-corrected chi connectivity index (χ0v) is 7.71. The fourth-order valence-electron chi connectivity index (χ4n) is 1.49. The highest BCUT2D eigenvalue weighted by Crippen LogP contribution is 2.26. The number of aryl methyl sites for hydroxylation is 1. The van der Waals surface area contributed by atoms with Crippen LogP contribution in [0.1, 0.15) is 5.56 Å². The van der Waals surface area contributed by atoms with Crippen LogP contribution in [0.5, 0.6) is 0 Å². The van der Waals surface area contributed by atoms with E-state index < -0.39 is 0 Å². The summed E-state index contributed by atoms with van der Waals surface area (Å²) >= 11 is 0. The van der Waals surface area contributed by atoms with E-state index in [0.717, 1.165) is 16.3 Å². The standard InChI is InChI=1S/C12H8FN/c1-8-5-10-6-11(13)4-3-9(10)7-12(8)14-2/h3-7H,1H3. The largest absolute Gasteiger partial charge is 0.238 e. The molecule has 0 saturated carbocycles. The quantitative estimate of drug-likeness (QED) is 0.549. The first-order valence-corrected chi connectivity index (χ1v) is 4.28. The minimum absolute atomic E-state index is 0.243. The molecule has 0 spiro atoms. The molecule has 0 aliphatic carbocycles. The smallest absolute Gasteiger partial charge is 0.190 e. The Morgan fingerprint density at radius 1 is 1.14 bits per heavy atom. The number of hydrogen-bond acceptors (Lipinski definition) is 0. The predicted octanol–water partition coefficient (Wildman–Crippen LogP) is 3.84. The van der Waals surface area contributed by atoms with E-state index >= 15 is 0 Å². The van der Waals surface area contributed by atoms with Gasteiger partial charge in [-0.15, -0.1) is 0 Å². The Kier molecular flexibility index (Phi) is 1.94. The van der Waals surface area contributed by atoms with E-state index in [0.29, 0.717) is 5.69 Å². The number of fused-ring (bicyclic) bond motifs is 1. The fraction of sp³-hybridized carbons (Fsp3) is 0.0833. The third-order valence-electron chi connectivity index (χ3n) is 2.24. The molecule has 0 radical (unpaired) electrons. The molecule has 14 heavy (non-hydrogen) atoms. The molecule has 0 heterocycles. The summed E-state index contributed by atoms with van der Waals surface area (Å²) in [5.74, 6) is -0.243.